The Labute approximate surface area is 175 Å². The molecule has 0 spiro atoms. The summed E-state index contributed by atoms with van der Waals surface area (Å²) in [6.45, 7) is 2.22. The fourth-order valence-corrected chi connectivity index (χ4v) is 2.78. The Kier molecular flexibility index (Phi) is 14.4. The van der Waals surface area contributed by atoms with Crippen LogP contribution in [0.4, 0.5) is 0 Å². The van der Waals surface area contributed by atoms with Crippen molar-refractivity contribution in [1.82, 2.24) is 0 Å². The van der Waals surface area contributed by atoms with Gasteiger partial charge in [0.25, 0.3) is 0 Å². The second kappa shape index (κ2) is 16.8. The molecule has 2 N–H and O–H groups in total. The molecule has 1 aromatic rings. The van der Waals surface area contributed by atoms with Crippen molar-refractivity contribution in [1.29, 1.82) is 0 Å². The Balaban J connectivity index is 2.07. The van der Waals surface area contributed by atoms with E-state index in [0.717, 1.165) is 32.1 Å². The highest BCUT2D eigenvalue weighted by Gasteiger charge is 2.12. The lowest BCUT2D eigenvalue weighted by Crippen LogP contribution is -2.10. The fourth-order valence-electron chi connectivity index (χ4n) is 2.78. The van der Waals surface area contributed by atoms with Crippen molar-refractivity contribution < 1.29 is 19.7 Å². The zero-order valence-electron chi connectivity index (χ0n) is 17.6. The summed E-state index contributed by atoms with van der Waals surface area (Å²) in [5, 5.41) is 18.6. The molecular formula is C25H36O4. The maximum absolute atomic E-state index is 11.9. The maximum atomic E-state index is 11.9. The van der Waals surface area contributed by atoms with Gasteiger partial charge in [-0.15, -0.1) is 0 Å². The van der Waals surface area contributed by atoms with E-state index >= 15 is 0 Å². The van der Waals surface area contributed by atoms with E-state index in [-0.39, 0.29) is 17.3 Å². The van der Waals surface area contributed by atoms with E-state index < -0.39 is 6.29 Å². The van der Waals surface area contributed by atoms with Gasteiger partial charge in [-0.1, -0.05) is 74.4 Å². The number of aliphatic hydroxyl groups is 2. The van der Waals surface area contributed by atoms with Crippen LogP contribution in [-0.4, -0.2) is 16.2 Å². The molecule has 29 heavy (non-hydrogen) atoms. The molecule has 4 nitrogen and oxygen atoms in total. The van der Waals surface area contributed by atoms with E-state index in [1.165, 1.54) is 31.7 Å². The number of para-hydroxylation sites is 1. The molecule has 4 heteroatoms. The minimum absolute atomic E-state index is 0.198. The lowest BCUT2D eigenvalue weighted by atomic mass is 10.1. The summed E-state index contributed by atoms with van der Waals surface area (Å²) in [4.78, 5) is 11.9. The Bertz CT molecular complexity index is 644. The molecule has 0 unspecified atom stereocenters. The largest absolute Gasteiger partial charge is 0.426 e. The topological polar surface area (TPSA) is 66.8 Å². The molecule has 0 saturated heterocycles. The van der Waals surface area contributed by atoms with Crippen molar-refractivity contribution in [2.75, 3.05) is 0 Å². The number of ether oxygens (including phenoxy) is 1. The average Bonchev–Trinajstić information content (AvgIpc) is 2.71. The predicted octanol–water partition coefficient (Wildman–Crippen LogP) is 6.16. The lowest BCUT2D eigenvalue weighted by Gasteiger charge is -2.10. The predicted molar refractivity (Wildman–Crippen MR) is 119 cm³/mol. The average molecular weight is 401 g/mol. The number of carbonyl (C=O) groups is 1. The molecule has 0 bridgehead atoms. The molecule has 0 fully saturated rings. The molecule has 0 aromatic heterocycles. The molecule has 0 heterocycles. The highest BCUT2D eigenvalue weighted by molar-refractivity contribution is 5.72. The number of benzene rings is 1. The van der Waals surface area contributed by atoms with Gasteiger partial charge in [0.05, 0.1) is 5.56 Å². The molecule has 0 aliphatic heterocycles. The summed E-state index contributed by atoms with van der Waals surface area (Å²) in [6, 6.07) is 6.44. The van der Waals surface area contributed by atoms with Gasteiger partial charge in [0.2, 0.25) is 0 Å². The zero-order chi connectivity index (χ0) is 21.2. The number of aliphatic hydroxyl groups excluding tert-OH is 1. The smallest absolute Gasteiger partial charge is 0.311 e. The van der Waals surface area contributed by atoms with Gasteiger partial charge in [0.15, 0.2) is 6.29 Å². The molecule has 1 rings (SSSR count). The third-order valence-corrected chi connectivity index (χ3v) is 4.44. The Morgan fingerprint density at radius 1 is 0.897 bits per heavy atom. The van der Waals surface area contributed by atoms with Crippen molar-refractivity contribution in [3.05, 3.63) is 66.3 Å². The van der Waals surface area contributed by atoms with Crippen LogP contribution < -0.4 is 4.74 Å². The first-order valence-corrected chi connectivity index (χ1v) is 10.8. The van der Waals surface area contributed by atoms with Crippen LogP contribution in [0.25, 0.3) is 0 Å². The van der Waals surface area contributed by atoms with E-state index in [1.54, 1.807) is 18.2 Å². The minimum Gasteiger partial charge on any atom is -0.426 e. The van der Waals surface area contributed by atoms with Gasteiger partial charge in [-0.05, 0) is 51.0 Å². The van der Waals surface area contributed by atoms with Crippen LogP contribution in [0, 0.1) is 0 Å². The van der Waals surface area contributed by atoms with E-state index in [9.17, 15) is 15.0 Å². The summed E-state index contributed by atoms with van der Waals surface area (Å²) >= 11 is 0. The molecule has 0 aliphatic carbocycles. The van der Waals surface area contributed by atoms with Crippen molar-refractivity contribution in [3.63, 3.8) is 0 Å². The lowest BCUT2D eigenvalue weighted by molar-refractivity contribution is -0.134. The second-order valence-corrected chi connectivity index (χ2v) is 7.01. The van der Waals surface area contributed by atoms with E-state index in [0.29, 0.717) is 6.42 Å². The number of allylic oxidation sites excluding steroid dienone is 6. The zero-order valence-corrected chi connectivity index (χ0v) is 17.6. The van der Waals surface area contributed by atoms with E-state index in [2.05, 4.69) is 43.4 Å². The molecular weight excluding hydrogens is 364 g/mol. The van der Waals surface area contributed by atoms with Gasteiger partial charge < -0.3 is 14.9 Å². The standard InChI is InChI=1S/C25H36O4/c1-2-3-4-5-6-7-8-9-10-11-12-13-14-15-16-21-24(26)29-23-20-18-17-19-22(23)25(27)28/h6-7,9-10,12-13,17-20,25,27-28H,2-5,8,11,14-16,21H2,1H3. The fraction of sp³-hybridized carbons (Fsp3) is 0.480. The van der Waals surface area contributed by atoms with Crippen LogP contribution in [-0.2, 0) is 4.79 Å². The summed E-state index contributed by atoms with van der Waals surface area (Å²) in [6.07, 6.45) is 21.4. The second-order valence-electron chi connectivity index (χ2n) is 7.01. The molecule has 160 valence electrons. The van der Waals surface area contributed by atoms with Gasteiger partial charge >= 0.3 is 5.97 Å². The maximum Gasteiger partial charge on any atom is 0.311 e. The number of carbonyl (C=O) groups excluding carboxylic acids is 1. The summed E-state index contributed by atoms with van der Waals surface area (Å²) < 4.78 is 5.23. The third-order valence-electron chi connectivity index (χ3n) is 4.44. The summed E-state index contributed by atoms with van der Waals surface area (Å²) in [5.41, 5.74) is 0.198. The normalized spacial score (nSPS) is 12.0. The van der Waals surface area contributed by atoms with Crippen LogP contribution in [0.3, 0.4) is 0 Å². The van der Waals surface area contributed by atoms with Gasteiger partial charge in [-0.3, -0.25) is 4.79 Å². The molecule has 0 saturated carbocycles. The third kappa shape index (κ3) is 12.8. The summed E-state index contributed by atoms with van der Waals surface area (Å²) in [5.74, 6) is -0.150. The van der Waals surface area contributed by atoms with Crippen LogP contribution in [0.15, 0.2) is 60.7 Å². The van der Waals surface area contributed by atoms with Crippen LogP contribution in [0.5, 0.6) is 5.75 Å². The molecule has 0 aliphatic rings. The highest BCUT2D eigenvalue weighted by atomic mass is 16.5. The monoisotopic (exact) mass is 400 g/mol. The molecule has 0 radical (unpaired) electrons. The number of hydrogen-bond acceptors (Lipinski definition) is 4. The quantitative estimate of drug-likeness (QED) is 0.122. The van der Waals surface area contributed by atoms with Crippen molar-refractivity contribution in [2.45, 2.75) is 77.4 Å². The Morgan fingerprint density at radius 2 is 1.48 bits per heavy atom. The SMILES string of the molecule is CCCCCC=CCC=CCC=CCCCCC(=O)Oc1ccccc1C(O)O. The van der Waals surface area contributed by atoms with Crippen molar-refractivity contribution in [2.24, 2.45) is 0 Å². The first-order valence-electron chi connectivity index (χ1n) is 10.8. The van der Waals surface area contributed by atoms with Crippen molar-refractivity contribution in [3.8, 4) is 5.75 Å². The summed E-state index contributed by atoms with van der Waals surface area (Å²) in [7, 11) is 0. The molecule has 1 aromatic carbocycles. The minimum atomic E-state index is -1.65. The van der Waals surface area contributed by atoms with Gasteiger partial charge in [0.1, 0.15) is 5.75 Å². The van der Waals surface area contributed by atoms with Crippen molar-refractivity contribution >= 4 is 5.97 Å². The van der Waals surface area contributed by atoms with E-state index in [1.807, 2.05) is 0 Å². The first-order chi connectivity index (χ1) is 14.1. The highest BCUT2D eigenvalue weighted by Crippen LogP contribution is 2.23. The van der Waals surface area contributed by atoms with Gasteiger partial charge in [-0.2, -0.15) is 0 Å². The molecule has 0 atom stereocenters. The number of unbranched alkanes of at least 4 members (excludes halogenated alkanes) is 5. The van der Waals surface area contributed by atoms with Crippen LogP contribution in [0.2, 0.25) is 0 Å². The Morgan fingerprint density at radius 3 is 2.10 bits per heavy atom. The number of rotatable bonds is 15. The van der Waals surface area contributed by atoms with Crippen LogP contribution in [0.1, 0.15) is 83.0 Å². The Hall–Kier alpha value is -2.17. The first kappa shape index (κ1) is 24.9. The molecule has 0 amide bonds. The van der Waals surface area contributed by atoms with Crippen LogP contribution >= 0.6 is 0 Å². The number of hydrogen-bond donors (Lipinski definition) is 2. The number of esters is 1. The van der Waals surface area contributed by atoms with Gasteiger partial charge in [-0.25, -0.2) is 0 Å². The van der Waals surface area contributed by atoms with Gasteiger partial charge in [0, 0.05) is 6.42 Å². The van der Waals surface area contributed by atoms with E-state index in [4.69, 9.17) is 4.74 Å².